The van der Waals surface area contributed by atoms with E-state index in [2.05, 4.69) is 6.07 Å². The number of nitrogens with zero attached hydrogens (tertiary/aromatic N) is 2. The fourth-order valence-electron chi connectivity index (χ4n) is 2.51. The molecule has 0 unspecified atom stereocenters. The molecule has 5 nitrogen and oxygen atoms in total. The van der Waals surface area contributed by atoms with Gasteiger partial charge in [-0.15, -0.1) is 0 Å². The van der Waals surface area contributed by atoms with E-state index in [-0.39, 0.29) is 11.2 Å². The van der Waals surface area contributed by atoms with Crippen LogP contribution in [0.4, 0.5) is 5.69 Å². The van der Waals surface area contributed by atoms with Crippen molar-refractivity contribution in [3.05, 3.63) is 45.4 Å². The number of benzene rings is 1. The van der Waals surface area contributed by atoms with Crippen LogP contribution >= 0.6 is 0 Å². The first-order valence-corrected chi connectivity index (χ1v) is 6.68. The third-order valence-corrected chi connectivity index (χ3v) is 3.45. The predicted molar refractivity (Wildman–Crippen MR) is 80.3 cm³/mol. The highest BCUT2D eigenvalue weighted by Crippen LogP contribution is 2.18. The van der Waals surface area contributed by atoms with Gasteiger partial charge < -0.3 is 10.5 Å². The van der Waals surface area contributed by atoms with Gasteiger partial charge in [-0.25, -0.2) is 4.68 Å². The second-order valence-electron chi connectivity index (χ2n) is 4.92. The van der Waals surface area contributed by atoms with E-state index >= 15 is 0 Å². The van der Waals surface area contributed by atoms with Gasteiger partial charge in [0.2, 0.25) is 0 Å². The Kier molecular flexibility index (Phi) is 3.99. The summed E-state index contributed by atoms with van der Waals surface area (Å²) in [5.41, 5.74) is 9.81. The molecule has 0 bridgehead atoms. The Labute approximate surface area is 118 Å². The zero-order valence-electron chi connectivity index (χ0n) is 12.4. The molecule has 0 amide bonds. The minimum atomic E-state index is -0.189. The van der Waals surface area contributed by atoms with Gasteiger partial charge in [-0.05, 0) is 32.4 Å². The van der Waals surface area contributed by atoms with Gasteiger partial charge in [-0.2, -0.15) is 0 Å². The topological polar surface area (TPSA) is 62.2 Å². The predicted octanol–water partition coefficient (Wildman–Crippen LogP) is 2.00. The maximum Gasteiger partial charge on any atom is 0.294 e. The normalized spacial score (nSPS) is 11.0. The minimum Gasteiger partial charge on any atom is -0.393 e. The Morgan fingerprint density at radius 1 is 1.30 bits per heavy atom. The summed E-state index contributed by atoms with van der Waals surface area (Å²) < 4.78 is 8.66. The number of anilines is 1. The fourth-order valence-corrected chi connectivity index (χ4v) is 2.51. The van der Waals surface area contributed by atoms with E-state index in [0.29, 0.717) is 13.2 Å². The number of hydrogen-bond acceptors (Lipinski definition) is 3. The van der Waals surface area contributed by atoms with E-state index in [4.69, 9.17) is 10.5 Å². The van der Waals surface area contributed by atoms with Crippen LogP contribution in [0.15, 0.2) is 23.0 Å². The summed E-state index contributed by atoms with van der Waals surface area (Å²) in [6, 6.07) is 6.00. The Bertz CT molecular complexity index is 683. The lowest BCUT2D eigenvalue weighted by Gasteiger charge is -2.14. The molecule has 1 heterocycles. The van der Waals surface area contributed by atoms with E-state index in [0.717, 1.165) is 16.9 Å². The van der Waals surface area contributed by atoms with E-state index < -0.39 is 0 Å². The standard InChI is InChI=1S/C15H21N3O2/c1-5-17-13(9-20-4)14(16)15(19)18(17)12-7-6-10(2)8-11(12)3/h6-8H,5,9,16H2,1-4H3. The molecular weight excluding hydrogens is 254 g/mol. The van der Waals surface area contributed by atoms with Gasteiger partial charge in [-0.1, -0.05) is 17.7 Å². The minimum absolute atomic E-state index is 0.189. The molecule has 20 heavy (non-hydrogen) atoms. The third kappa shape index (κ3) is 2.25. The monoisotopic (exact) mass is 275 g/mol. The molecule has 108 valence electrons. The zero-order chi connectivity index (χ0) is 14.9. The van der Waals surface area contributed by atoms with E-state index in [1.807, 2.05) is 37.6 Å². The van der Waals surface area contributed by atoms with Crippen molar-refractivity contribution >= 4 is 5.69 Å². The van der Waals surface area contributed by atoms with Crippen LogP contribution in [0, 0.1) is 13.8 Å². The van der Waals surface area contributed by atoms with Crippen LogP contribution in [0.2, 0.25) is 0 Å². The third-order valence-electron chi connectivity index (χ3n) is 3.45. The van der Waals surface area contributed by atoms with Gasteiger partial charge >= 0.3 is 0 Å². The second kappa shape index (κ2) is 5.54. The first-order valence-electron chi connectivity index (χ1n) is 6.68. The zero-order valence-corrected chi connectivity index (χ0v) is 12.4. The molecule has 2 N–H and O–H groups in total. The molecule has 0 radical (unpaired) electrons. The van der Waals surface area contributed by atoms with E-state index in [1.54, 1.807) is 11.8 Å². The number of ether oxygens (including phenoxy) is 1. The summed E-state index contributed by atoms with van der Waals surface area (Å²) >= 11 is 0. The van der Waals surface area contributed by atoms with Crippen LogP contribution in [-0.4, -0.2) is 16.5 Å². The Morgan fingerprint density at radius 3 is 2.55 bits per heavy atom. The summed E-state index contributed by atoms with van der Waals surface area (Å²) in [5.74, 6) is 0. The number of hydrogen-bond donors (Lipinski definition) is 1. The van der Waals surface area contributed by atoms with E-state index in [9.17, 15) is 4.79 Å². The van der Waals surface area contributed by atoms with Crippen LogP contribution in [0.5, 0.6) is 0 Å². The van der Waals surface area contributed by atoms with Crippen molar-refractivity contribution in [1.29, 1.82) is 0 Å². The molecule has 2 rings (SSSR count). The Morgan fingerprint density at radius 2 is 2.00 bits per heavy atom. The molecule has 5 heteroatoms. The van der Waals surface area contributed by atoms with Gasteiger partial charge in [0.1, 0.15) is 5.69 Å². The molecule has 1 aromatic carbocycles. The average Bonchev–Trinajstić information content (AvgIpc) is 2.64. The van der Waals surface area contributed by atoms with Crippen LogP contribution < -0.4 is 11.3 Å². The molecule has 2 aromatic rings. The van der Waals surface area contributed by atoms with Crippen molar-refractivity contribution in [3.8, 4) is 5.69 Å². The van der Waals surface area contributed by atoms with Crippen LogP contribution in [0.1, 0.15) is 23.7 Å². The van der Waals surface area contributed by atoms with Crippen molar-refractivity contribution < 1.29 is 4.74 Å². The molecule has 0 saturated carbocycles. The van der Waals surface area contributed by atoms with Gasteiger partial charge in [0.05, 0.1) is 18.0 Å². The van der Waals surface area contributed by atoms with Gasteiger partial charge in [0, 0.05) is 13.7 Å². The highest BCUT2D eigenvalue weighted by Gasteiger charge is 2.18. The summed E-state index contributed by atoms with van der Waals surface area (Å²) in [6.07, 6.45) is 0. The fraction of sp³-hybridized carbons (Fsp3) is 0.400. The van der Waals surface area contributed by atoms with Gasteiger partial charge in [0.25, 0.3) is 5.56 Å². The van der Waals surface area contributed by atoms with Crippen LogP contribution in [0.3, 0.4) is 0 Å². The average molecular weight is 275 g/mol. The van der Waals surface area contributed by atoms with Gasteiger partial charge in [0.15, 0.2) is 0 Å². The molecule has 0 aliphatic heterocycles. The molecule has 1 aromatic heterocycles. The number of nitrogen functional groups attached to an aromatic ring is 1. The van der Waals surface area contributed by atoms with Crippen molar-refractivity contribution in [2.75, 3.05) is 12.8 Å². The quantitative estimate of drug-likeness (QED) is 0.928. The Hall–Kier alpha value is -2.01. The maximum atomic E-state index is 12.4. The lowest BCUT2D eigenvalue weighted by atomic mass is 10.1. The number of aryl methyl sites for hydroxylation is 2. The highest BCUT2D eigenvalue weighted by molar-refractivity contribution is 5.48. The van der Waals surface area contributed by atoms with Crippen molar-refractivity contribution in [2.45, 2.75) is 33.9 Å². The van der Waals surface area contributed by atoms with Crippen LogP contribution in [0.25, 0.3) is 5.69 Å². The first-order chi connectivity index (χ1) is 9.51. The summed E-state index contributed by atoms with van der Waals surface area (Å²) in [7, 11) is 1.60. The molecule has 0 atom stereocenters. The number of methoxy groups -OCH3 is 1. The molecule has 0 fully saturated rings. The highest BCUT2D eigenvalue weighted by atomic mass is 16.5. The number of aromatic nitrogens is 2. The van der Waals surface area contributed by atoms with Crippen LogP contribution in [-0.2, 0) is 17.9 Å². The van der Waals surface area contributed by atoms with Crippen molar-refractivity contribution in [1.82, 2.24) is 9.36 Å². The summed E-state index contributed by atoms with van der Waals surface area (Å²) in [6.45, 7) is 6.99. The number of rotatable bonds is 4. The molecular formula is C15H21N3O2. The second-order valence-corrected chi connectivity index (χ2v) is 4.92. The lowest BCUT2D eigenvalue weighted by molar-refractivity contribution is 0.176. The molecule has 0 spiro atoms. The van der Waals surface area contributed by atoms with Gasteiger partial charge in [-0.3, -0.25) is 9.48 Å². The smallest absolute Gasteiger partial charge is 0.294 e. The maximum absolute atomic E-state index is 12.4. The van der Waals surface area contributed by atoms with E-state index in [1.165, 1.54) is 5.56 Å². The largest absolute Gasteiger partial charge is 0.393 e. The van der Waals surface area contributed by atoms with Crippen molar-refractivity contribution in [3.63, 3.8) is 0 Å². The first kappa shape index (κ1) is 14.4. The summed E-state index contributed by atoms with van der Waals surface area (Å²) in [4.78, 5) is 12.4. The Balaban J connectivity index is 2.73. The van der Waals surface area contributed by atoms with Crippen molar-refractivity contribution in [2.24, 2.45) is 0 Å². The molecule has 0 aliphatic carbocycles. The SMILES string of the molecule is CCn1c(COC)c(N)c(=O)n1-c1ccc(C)cc1C. The lowest BCUT2D eigenvalue weighted by Crippen LogP contribution is -2.23. The molecule has 0 saturated heterocycles. The summed E-state index contributed by atoms with van der Waals surface area (Å²) in [5, 5.41) is 0. The molecule has 0 aliphatic rings. The number of nitrogens with two attached hydrogens (primary N) is 1.